The minimum Gasteiger partial charge on any atom is -0.287 e. The van der Waals surface area contributed by atoms with E-state index in [9.17, 15) is 13.2 Å². The molecule has 1 heterocycles. The second kappa shape index (κ2) is 9.28. The van der Waals surface area contributed by atoms with Crippen LogP contribution in [0.25, 0.3) is 10.9 Å². The standard InChI is InChI=1S/C24H23N3O3S2/c1-17-5-4-6-19(15-17)16-31-24-26-22-8-3-2-7-21(22)23(28)27(24)14-13-18-9-11-20(12-10-18)32(25,29)30/h2-12,15H,13-14,16H2,1H3,(H2,25,29,30). The van der Waals surface area contributed by atoms with Crippen LogP contribution < -0.4 is 10.7 Å². The summed E-state index contributed by atoms with van der Waals surface area (Å²) in [7, 11) is -3.73. The van der Waals surface area contributed by atoms with Gasteiger partial charge < -0.3 is 0 Å². The largest absolute Gasteiger partial charge is 0.287 e. The lowest BCUT2D eigenvalue weighted by molar-refractivity contribution is 0.594. The molecule has 0 unspecified atom stereocenters. The molecule has 0 aliphatic carbocycles. The van der Waals surface area contributed by atoms with Gasteiger partial charge in [-0.15, -0.1) is 0 Å². The topological polar surface area (TPSA) is 95.0 Å². The van der Waals surface area contributed by atoms with E-state index in [-0.39, 0.29) is 10.5 Å². The summed E-state index contributed by atoms with van der Waals surface area (Å²) in [6.45, 7) is 2.49. The summed E-state index contributed by atoms with van der Waals surface area (Å²) in [5.74, 6) is 0.704. The van der Waals surface area contributed by atoms with E-state index in [4.69, 9.17) is 10.1 Å². The van der Waals surface area contributed by atoms with Gasteiger partial charge in [0.1, 0.15) is 0 Å². The summed E-state index contributed by atoms with van der Waals surface area (Å²) in [6.07, 6.45) is 0.558. The summed E-state index contributed by atoms with van der Waals surface area (Å²) in [5, 5.41) is 6.41. The van der Waals surface area contributed by atoms with Crippen molar-refractivity contribution in [1.29, 1.82) is 0 Å². The van der Waals surface area contributed by atoms with Crippen molar-refractivity contribution in [2.24, 2.45) is 5.14 Å². The Balaban J connectivity index is 1.63. The monoisotopic (exact) mass is 465 g/mol. The molecule has 0 aliphatic rings. The Bertz CT molecular complexity index is 1430. The second-order valence-electron chi connectivity index (χ2n) is 7.59. The first-order valence-corrected chi connectivity index (χ1v) is 12.6. The lowest BCUT2D eigenvalue weighted by atomic mass is 10.1. The molecule has 0 saturated carbocycles. The maximum absolute atomic E-state index is 13.2. The predicted octanol–water partition coefficient (Wildman–Crippen LogP) is 3.89. The van der Waals surface area contributed by atoms with Gasteiger partial charge in [-0.05, 0) is 48.7 Å². The molecule has 0 bridgehead atoms. The Morgan fingerprint density at radius 1 is 0.969 bits per heavy atom. The van der Waals surface area contributed by atoms with E-state index in [2.05, 4.69) is 25.1 Å². The fraction of sp³-hybridized carbons (Fsp3) is 0.167. The molecule has 0 saturated heterocycles. The molecule has 0 radical (unpaired) electrons. The highest BCUT2D eigenvalue weighted by molar-refractivity contribution is 7.98. The molecule has 0 aliphatic heterocycles. The first kappa shape index (κ1) is 22.3. The minimum atomic E-state index is -3.73. The summed E-state index contributed by atoms with van der Waals surface area (Å²) >= 11 is 1.53. The molecule has 3 aromatic carbocycles. The Labute approximate surface area is 191 Å². The maximum Gasteiger partial charge on any atom is 0.262 e. The van der Waals surface area contributed by atoms with Crippen molar-refractivity contribution in [1.82, 2.24) is 9.55 Å². The number of hydrogen-bond acceptors (Lipinski definition) is 5. The van der Waals surface area contributed by atoms with Crippen LogP contribution in [0.5, 0.6) is 0 Å². The van der Waals surface area contributed by atoms with Gasteiger partial charge in [0.05, 0.1) is 15.8 Å². The van der Waals surface area contributed by atoms with Crippen LogP contribution in [0.3, 0.4) is 0 Å². The molecule has 8 heteroatoms. The average Bonchev–Trinajstić information content (AvgIpc) is 2.77. The van der Waals surface area contributed by atoms with Crippen LogP contribution in [0.4, 0.5) is 0 Å². The molecular weight excluding hydrogens is 442 g/mol. The smallest absolute Gasteiger partial charge is 0.262 e. The molecule has 6 nitrogen and oxygen atoms in total. The number of para-hydroxylation sites is 1. The minimum absolute atomic E-state index is 0.0696. The first-order valence-electron chi connectivity index (χ1n) is 10.1. The van der Waals surface area contributed by atoms with E-state index in [1.54, 1.807) is 22.8 Å². The van der Waals surface area contributed by atoms with E-state index in [1.807, 2.05) is 24.3 Å². The molecular formula is C24H23N3O3S2. The number of hydrogen-bond donors (Lipinski definition) is 1. The van der Waals surface area contributed by atoms with Gasteiger partial charge in [0, 0.05) is 12.3 Å². The van der Waals surface area contributed by atoms with Gasteiger partial charge >= 0.3 is 0 Å². The van der Waals surface area contributed by atoms with Gasteiger partial charge in [0.25, 0.3) is 5.56 Å². The third-order valence-corrected chi connectivity index (χ3v) is 7.13. The van der Waals surface area contributed by atoms with Crippen molar-refractivity contribution < 1.29 is 8.42 Å². The molecule has 4 aromatic rings. The SMILES string of the molecule is Cc1cccc(CSc2nc3ccccc3c(=O)n2CCc2ccc(S(N)(=O)=O)cc2)c1. The van der Waals surface area contributed by atoms with Crippen molar-refractivity contribution in [2.75, 3.05) is 0 Å². The van der Waals surface area contributed by atoms with E-state index in [0.29, 0.717) is 34.8 Å². The zero-order chi connectivity index (χ0) is 22.7. The van der Waals surface area contributed by atoms with Crippen LogP contribution in [0, 0.1) is 6.92 Å². The number of primary sulfonamides is 1. The molecule has 0 fully saturated rings. The van der Waals surface area contributed by atoms with Crippen LogP contribution >= 0.6 is 11.8 Å². The van der Waals surface area contributed by atoms with Gasteiger partial charge in [0.2, 0.25) is 10.0 Å². The van der Waals surface area contributed by atoms with E-state index in [0.717, 1.165) is 5.56 Å². The zero-order valence-electron chi connectivity index (χ0n) is 17.6. The Morgan fingerprint density at radius 3 is 2.44 bits per heavy atom. The number of aryl methyl sites for hydroxylation is 2. The Hall–Kier alpha value is -2.94. The fourth-order valence-electron chi connectivity index (χ4n) is 3.49. The number of rotatable bonds is 7. The Morgan fingerprint density at radius 2 is 1.72 bits per heavy atom. The fourth-order valence-corrected chi connectivity index (χ4v) is 4.98. The molecule has 164 valence electrons. The number of thioether (sulfide) groups is 1. The highest BCUT2D eigenvalue weighted by Crippen LogP contribution is 2.23. The number of aromatic nitrogens is 2. The van der Waals surface area contributed by atoms with Crippen LogP contribution in [-0.2, 0) is 28.7 Å². The number of sulfonamides is 1. The van der Waals surface area contributed by atoms with Gasteiger partial charge in [-0.25, -0.2) is 18.5 Å². The number of nitrogens with two attached hydrogens (primary N) is 1. The highest BCUT2D eigenvalue weighted by atomic mass is 32.2. The van der Waals surface area contributed by atoms with Crippen LogP contribution in [0.15, 0.2) is 87.6 Å². The summed E-state index contributed by atoms with van der Waals surface area (Å²) in [5.41, 5.74) is 3.87. The normalized spacial score (nSPS) is 11.7. The van der Waals surface area contributed by atoms with E-state index < -0.39 is 10.0 Å². The number of nitrogens with zero attached hydrogens (tertiary/aromatic N) is 2. The molecule has 0 atom stereocenters. The molecule has 0 amide bonds. The van der Waals surface area contributed by atoms with Crippen LogP contribution in [0.2, 0.25) is 0 Å². The molecule has 2 N–H and O–H groups in total. The van der Waals surface area contributed by atoms with Gasteiger partial charge in [-0.1, -0.05) is 65.9 Å². The van der Waals surface area contributed by atoms with Crippen LogP contribution in [0.1, 0.15) is 16.7 Å². The van der Waals surface area contributed by atoms with E-state index in [1.165, 1.54) is 35.0 Å². The van der Waals surface area contributed by atoms with Gasteiger partial charge in [0.15, 0.2) is 5.16 Å². The average molecular weight is 466 g/mol. The first-order chi connectivity index (χ1) is 15.3. The number of benzene rings is 3. The van der Waals surface area contributed by atoms with Crippen LogP contribution in [-0.4, -0.2) is 18.0 Å². The molecule has 32 heavy (non-hydrogen) atoms. The number of fused-ring (bicyclic) bond motifs is 1. The van der Waals surface area contributed by atoms with Crippen molar-refractivity contribution in [2.45, 2.75) is 35.7 Å². The van der Waals surface area contributed by atoms with E-state index >= 15 is 0 Å². The molecule has 4 rings (SSSR count). The van der Waals surface area contributed by atoms with Gasteiger partial charge in [-0.3, -0.25) is 9.36 Å². The summed E-state index contributed by atoms with van der Waals surface area (Å²) < 4.78 is 24.6. The summed E-state index contributed by atoms with van der Waals surface area (Å²) in [4.78, 5) is 18.1. The van der Waals surface area contributed by atoms with Crippen molar-refractivity contribution in [3.8, 4) is 0 Å². The molecule has 0 spiro atoms. The molecule has 1 aromatic heterocycles. The quantitative estimate of drug-likeness (QED) is 0.330. The van der Waals surface area contributed by atoms with Gasteiger partial charge in [-0.2, -0.15) is 0 Å². The highest BCUT2D eigenvalue weighted by Gasteiger charge is 2.13. The van der Waals surface area contributed by atoms with Crippen molar-refractivity contribution in [3.63, 3.8) is 0 Å². The predicted molar refractivity (Wildman–Crippen MR) is 128 cm³/mol. The third-order valence-electron chi connectivity index (χ3n) is 5.15. The van der Waals surface area contributed by atoms with Crippen molar-refractivity contribution >= 4 is 32.7 Å². The summed E-state index contributed by atoms with van der Waals surface area (Å²) in [6, 6.07) is 22.0. The van der Waals surface area contributed by atoms with Crippen molar-refractivity contribution in [3.05, 3.63) is 99.8 Å². The third kappa shape index (κ3) is 5.09. The lowest BCUT2D eigenvalue weighted by Crippen LogP contribution is -2.24. The maximum atomic E-state index is 13.2. The zero-order valence-corrected chi connectivity index (χ0v) is 19.2. The second-order valence-corrected chi connectivity index (χ2v) is 10.1. The lowest BCUT2D eigenvalue weighted by Gasteiger charge is -2.13. The Kier molecular flexibility index (Phi) is 6.45.